The van der Waals surface area contributed by atoms with E-state index in [2.05, 4.69) is 10.3 Å². The molecule has 1 aromatic rings. The van der Waals surface area contributed by atoms with Crippen molar-refractivity contribution in [1.82, 2.24) is 9.29 Å². The lowest BCUT2D eigenvalue weighted by molar-refractivity contribution is -0.0230. The van der Waals surface area contributed by atoms with Gasteiger partial charge in [-0.2, -0.15) is 4.31 Å². The van der Waals surface area contributed by atoms with E-state index in [-0.39, 0.29) is 17.0 Å². The van der Waals surface area contributed by atoms with Crippen molar-refractivity contribution >= 4 is 15.8 Å². The molecule has 0 bridgehead atoms. The van der Waals surface area contributed by atoms with Gasteiger partial charge in [0.05, 0.1) is 12.7 Å². The van der Waals surface area contributed by atoms with Gasteiger partial charge in [-0.15, -0.1) is 0 Å². The summed E-state index contributed by atoms with van der Waals surface area (Å²) >= 11 is 0. The van der Waals surface area contributed by atoms with E-state index in [1.54, 1.807) is 19.2 Å². The average Bonchev–Trinajstić information content (AvgIpc) is 2.47. The molecular weight excluding hydrogens is 278 g/mol. The minimum absolute atomic E-state index is 0.0860. The van der Waals surface area contributed by atoms with Gasteiger partial charge in [-0.25, -0.2) is 13.4 Å². The Morgan fingerprint density at radius 3 is 2.80 bits per heavy atom. The van der Waals surface area contributed by atoms with Crippen LogP contribution in [0.1, 0.15) is 20.3 Å². The zero-order valence-corrected chi connectivity index (χ0v) is 12.9. The van der Waals surface area contributed by atoms with Crippen molar-refractivity contribution in [2.75, 3.05) is 25.5 Å². The van der Waals surface area contributed by atoms with E-state index in [0.29, 0.717) is 19.0 Å². The van der Waals surface area contributed by atoms with E-state index < -0.39 is 10.0 Å². The second kappa shape index (κ2) is 6.07. The van der Waals surface area contributed by atoms with Gasteiger partial charge in [0.1, 0.15) is 10.7 Å². The molecule has 0 saturated carbocycles. The summed E-state index contributed by atoms with van der Waals surface area (Å²) in [6.45, 7) is 4.68. The average molecular weight is 299 g/mol. The predicted octanol–water partition coefficient (Wildman–Crippen LogP) is 1.31. The summed E-state index contributed by atoms with van der Waals surface area (Å²) in [4.78, 5) is 4.31. The molecule has 2 unspecified atom stereocenters. The summed E-state index contributed by atoms with van der Waals surface area (Å²) in [6, 6.07) is 3.14. The van der Waals surface area contributed by atoms with Gasteiger partial charge in [-0.1, -0.05) is 6.92 Å². The Bertz CT molecular complexity index is 544. The monoisotopic (exact) mass is 299 g/mol. The van der Waals surface area contributed by atoms with Gasteiger partial charge in [0, 0.05) is 25.8 Å². The molecule has 2 heterocycles. The quantitative estimate of drug-likeness (QED) is 0.907. The Labute approximate surface area is 120 Å². The number of ether oxygens (including phenoxy) is 1. The highest BCUT2D eigenvalue weighted by atomic mass is 32.2. The highest BCUT2D eigenvalue weighted by molar-refractivity contribution is 7.89. The van der Waals surface area contributed by atoms with Crippen molar-refractivity contribution in [2.24, 2.45) is 0 Å². The van der Waals surface area contributed by atoms with Crippen molar-refractivity contribution < 1.29 is 13.2 Å². The van der Waals surface area contributed by atoms with E-state index in [9.17, 15) is 8.42 Å². The summed E-state index contributed by atoms with van der Waals surface area (Å²) in [6.07, 6.45) is 2.04. The Hall–Kier alpha value is -1.18. The molecule has 0 amide bonds. The van der Waals surface area contributed by atoms with E-state index >= 15 is 0 Å². The van der Waals surface area contributed by atoms with Crippen LogP contribution in [0.4, 0.5) is 5.82 Å². The Kier molecular flexibility index (Phi) is 4.62. The SMILES string of the molecule is CCC1COC(C)CN1S(=O)(=O)c1ccc(NC)nc1. The number of hydrogen-bond donors (Lipinski definition) is 1. The van der Waals surface area contributed by atoms with Gasteiger partial charge in [0.25, 0.3) is 0 Å². The number of aromatic nitrogens is 1. The van der Waals surface area contributed by atoms with Crippen LogP contribution in [0.5, 0.6) is 0 Å². The van der Waals surface area contributed by atoms with Gasteiger partial charge < -0.3 is 10.1 Å². The molecule has 20 heavy (non-hydrogen) atoms. The fourth-order valence-electron chi connectivity index (χ4n) is 2.25. The van der Waals surface area contributed by atoms with Gasteiger partial charge in [0.2, 0.25) is 10.0 Å². The molecule has 1 fully saturated rings. The minimum Gasteiger partial charge on any atom is -0.375 e. The van der Waals surface area contributed by atoms with E-state index in [1.165, 1.54) is 10.5 Å². The molecule has 7 heteroatoms. The third-order valence-corrected chi connectivity index (χ3v) is 5.39. The molecule has 1 aliphatic heterocycles. The fourth-order valence-corrected chi connectivity index (χ4v) is 3.95. The van der Waals surface area contributed by atoms with Crippen molar-refractivity contribution in [3.05, 3.63) is 18.3 Å². The standard InChI is InChI=1S/C13H21N3O3S/c1-4-11-9-19-10(2)8-16(11)20(17,18)12-5-6-13(14-3)15-7-12/h5-7,10-11H,4,8-9H2,1-3H3,(H,14,15). The first kappa shape index (κ1) is 15.2. The minimum atomic E-state index is -3.52. The maximum Gasteiger partial charge on any atom is 0.245 e. The lowest BCUT2D eigenvalue weighted by Gasteiger charge is -2.37. The number of nitrogens with zero attached hydrogens (tertiary/aromatic N) is 2. The van der Waals surface area contributed by atoms with Crippen LogP contribution < -0.4 is 5.32 Å². The number of nitrogens with one attached hydrogen (secondary N) is 1. The van der Waals surface area contributed by atoms with Crippen LogP contribution in [-0.4, -0.2) is 50.1 Å². The van der Waals surface area contributed by atoms with Crippen LogP contribution in [-0.2, 0) is 14.8 Å². The molecule has 0 aromatic carbocycles. The number of hydrogen-bond acceptors (Lipinski definition) is 5. The first-order valence-corrected chi connectivity index (χ1v) is 8.20. The van der Waals surface area contributed by atoms with Crippen molar-refractivity contribution in [3.63, 3.8) is 0 Å². The summed E-state index contributed by atoms with van der Waals surface area (Å²) in [5.74, 6) is 0.645. The third-order valence-electron chi connectivity index (χ3n) is 3.49. The molecule has 1 aliphatic rings. The molecule has 0 aliphatic carbocycles. The van der Waals surface area contributed by atoms with Crippen LogP contribution in [0.25, 0.3) is 0 Å². The van der Waals surface area contributed by atoms with Gasteiger partial charge >= 0.3 is 0 Å². The summed E-state index contributed by atoms with van der Waals surface area (Å²) in [5, 5.41) is 2.87. The normalized spacial score (nSPS) is 24.6. The summed E-state index contributed by atoms with van der Waals surface area (Å²) in [5.41, 5.74) is 0. The van der Waals surface area contributed by atoms with Crippen molar-refractivity contribution in [1.29, 1.82) is 0 Å². The first-order chi connectivity index (χ1) is 9.48. The van der Waals surface area contributed by atoms with E-state index in [4.69, 9.17) is 4.74 Å². The summed E-state index contributed by atoms with van der Waals surface area (Å²) in [7, 11) is -1.77. The Balaban J connectivity index is 2.31. The summed E-state index contributed by atoms with van der Waals surface area (Å²) < 4.78 is 32.5. The van der Waals surface area contributed by atoms with Crippen LogP contribution in [0.2, 0.25) is 0 Å². The smallest absolute Gasteiger partial charge is 0.245 e. The van der Waals surface area contributed by atoms with Crippen LogP contribution >= 0.6 is 0 Å². The number of pyridine rings is 1. The number of rotatable bonds is 4. The van der Waals surface area contributed by atoms with Crippen LogP contribution in [0, 0.1) is 0 Å². The maximum atomic E-state index is 12.7. The zero-order chi connectivity index (χ0) is 14.8. The van der Waals surface area contributed by atoms with Gasteiger partial charge in [-0.05, 0) is 25.5 Å². The second-order valence-electron chi connectivity index (χ2n) is 4.91. The van der Waals surface area contributed by atoms with Crippen molar-refractivity contribution in [2.45, 2.75) is 37.3 Å². The molecule has 2 atom stereocenters. The lowest BCUT2D eigenvalue weighted by atomic mass is 10.2. The number of morpholine rings is 1. The largest absolute Gasteiger partial charge is 0.375 e. The van der Waals surface area contributed by atoms with Gasteiger partial charge in [0.15, 0.2) is 0 Å². The first-order valence-electron chi connectivity index (χ1n) is 6.76. The second-order valence-corrected chi connectivity index (χ2v) is 6.80. The van der Waals surface area contributed by atoms with E-state index in [0.717, 1.165) is 6.42 Å². The molecule has 0 radical (unpaired) electrons. The van der Waals surface area contributed by atoms with Crippen LogP contribution in [0.3, 0.4) is 0 Å². The van der Waals surface area contributed by atoms with Crippen molar-refractivity contribution in [3.8, 4) is 0 Å². The molecule has 1 aromatic heterocycles. The molecule has 6 nitrogen and oxygen atoms in total. The maximum absolute atomic E-state index is 12.7. The molecule has 2 rings (SSSR count). The van der Waals surface area contributed by atoms with Crippen LogP contribution in [0.15, 0.2) is 23.2 Å². The molecule has 1 saturated heterocycles. The topological polar surface area (TPSA) is 71.5 Å². The Morgan fingerprint density at radius 2 is 2.25 bits per heavy atom. The molecule has 0 spiro atoms. The lowest BCUT2D eigenvalue weighted by Crippen LogP contribution is -2.51. The zero-order valence-electron chi connectivity index (χ0n) is 12.0. The number of anilines is 1. The third kappa shape index (κ3) is 2.94. The predicted molar refractivity (Wildman–Crippen MR) is 77.2 cm³/mol. The number of sulfonamides is 1. The fraction of sp³-hybridized carbons (Fsp3) is 0.615. The Morgan fingerprint density at radius 1 is 1.50 bits per heavy atom. The molecular formula is C13H21N3O3S. The highest BCUT2D eigenvalue weighted by Gasteiger charge is 2.35. The molecule has 112 valence electrons. The molecule has 1 N–H and O–H groups in total. The van der Waals surface area contributed by atoms with E-state index in [1.807, 2.05) is 13.8 Å². The highest BCUT2D eigenvalue weighted by Crippen LogP contribution is 2.24. The van der Waals surface area contributed by atoms with Gasteiger partial charge in [-0.3, -0.25) is 0 Å².